The molecule has 2 aromatic heterocycles. The van der Waals surface area contributed by atoms with Crippen LogP contribution in [0.25, 0.3) is 0 Å². The SMILES string of the molecule is Cc1ccc(C)[nH+]c1.Cc1ccc(C)[nH+]c1.O=C1C([O-])=C(Cl)C(=O)C([O-])=C1Cl. The summed E-state index contributed by atoms with van der Waals surface area (Å²) in [4.78, 5) is 27.6. The normalized spacial score (nSPS) is 13.5. The zero-order valence-electron chi connectivity index (χ0n) is 15.9. The molecule has 2 N–H and O–H groups in total. The van der Waals surface area contributed by atoms with Gasteiger partial charge in [-0.2, -0.15) is 0 Å². The standard InChI is InChI=1S/2C7H9N.C6H2Cl2O4/c2*1-6-3-4-7(2)8-5-6;7-1-3(9)5(11)2(8)6(12)4(1)10/h2*3-5H,1-2H3;9,12H. The van der Waals surface area contributed by atoms with Crippen LogP contribution in [-0.2, 0) is 9.59 Å². The number of H-pyrrole nitrogens is 2. The van der Waals surface area contributed by atoms with Crippen LogP contribution in [0.2, 0.25) is 0 Å². The first-order valence-corrected chi connectivity index (χ1v) is 8.93. The van der Waals surface area contributed by atoms with Gasteiger partial charge in [0.15, 0.2) is 35.3 Å². The van der Waals surface area contributed by atoms with Crippen molar-refractivity contribution in [3.05, 3.63) is 80.8 Å². The predicted octanol–water partition coefficient (Wildman–Crippen LogP) is 0.995. The molecule has 148 valence electrons. The Morgan fingerprint density at radius 1 is 0.679 bits per heavy atom. The van der Waals surface area contributed by atoms with Gasteiger partial charge in [-0.25, -0.2) is 9.97 Å². The molecule has 6 nitrogen and oxygen atoms in total. The Bertz CT molecular complexity index is 771. The molecular weight excluding hydrogens is 403 g/mol. The summed E-state index contributed by atoms with van der Waals surface area (Å²) in [6, 6.07) is 8.31. The molecule has 1 aliphatic rings. The third-order valence-corrected chi connectivity index (χ3v) is 4.14. The van der Waals surface area contributed by atoms with E-state index in [2.05, 4.69) is 48.1 Å². The van der Waals surface area contributed by atoms with Gasteiger partial charge in [0, 0.05) is 37.1 Å². The average Bonchev–Trinajstić information content (AvgIpc) is 2.69. The van der Waals surface area contributed by atoms with Gasteiger partial charge in [-0.1, -0.05) is 23.2 Å². The van der Waals surface area contributed by atoms with Crippen molar-refractivity contribution in [2.24, 2.45) is 0 Å². The van der Waals surface area contributed by atoms with E-state index in [1.165, 1.54) is 22.5 Å². The number of hydrogen-bond acceptors (Lipinski definition) is 4. The van der Waals surface area contributed by atoms with Crippen LogP contribution in [0.15, 0.2) is 58.2 Å². The fourth-order valence-corrected chi connectivity index (χ4v) is 2.11. The maximum Gasteiger partial charge on any atom is 0.190 e. The van der Waals surface area contributed by atoms with Gasteiger partial charge in [0.05, 0.1) is 10.1 Å². The number of pyridine rings is 2. The Kier molecular flexibility index (Phi) is 8.82. The molecule has 8 heteroatoms. The maximum absolute atomic E-state index is 10.7. The highest BCUT2D eigenvalue weighted by Crippen LogP contribution is 2.23. The number of allylic oxidation sites excluding steroid dienone is 2. The van der Waals surface area contributed by atoms with Crippen molar-refractivity contribution in [1.29, 1.82) is 0 Å². The first-order valence-electron chi connectivity index (χ1n) is 8.17. The highest BCUT2D eigenvalue weighted by atomic mass is 35.5. The number of ketones is 2. The van der Waals surface area contributed by atoms with Crippen molar-refractivity contribution >= 4 is 34.8 Å². The fourth-order valence-electron chi connectivity index (χ4n) is 1.77. The number of carbonyl (C=O) groups excluding carboxylic acids is 2. The minimum absolute atomic E-state index is 0.894. The summed E-state index contributed by atoms with van der Waals surface area (Å²) in [6.07, 6.45) is 3.99. The lowest BCUT2D eigenvalue weighted by atomic mass is 10.1. The van der Waals surface area contributed by atoms with Gasteiger partial charge in [0.25, 0.3) is 0 Å². The van der Waals surface area contributed by atoms with Crippen molar-refractivity contribution in [2.45, 2.75) is 27.7 Å². The Morgan fingerprint density at radius 3 is 1.21 bits per heavy atom. The van der Waals surface area contributed by atoms with Gasteiger partial charge in [-0.3, -0.25) is 9.59 Å². The van der Waals surface area contributed by atoms with Crippen LogP contribution in [0.4, 0.5) is 0 Å². The number of aryl methyl sites for hydroxylation is 4. The van der Waals surface area contributed by atoms with E-state index in [0.29, 0.717) is 0 Å². The monoisotopic (exact) mass is 422 g/mol. The minimum Gasteiger partial charge on any atom is -0.869 e. The van der Waals surface area contributed by atoms with Gasteiger partial charge in [0.2, 0.25) is 0 Å². The van der Waals surface area contributed by atoms with E-state index in [4.69, 9.17) is 23.2 Å². The quantitative estimate of drug-likeness (QED) is 0.589. The van der Waals surface area contributed by atoms with E-state index in [-0.39, 0.29) is 0 Å². The van der Waals surface area contributed by atoms with Gasteiger partial charge < -0.3 is 10.2 Å². The predicted molar refractivity (Wildman–Crippen MR) is 101 cm³/mol. The summed E-state index contributed by atoms with van der Waals surface area (Å²) < 4.78 is 0. The second-order valence-electron chi connectivity index (χ2n) is 6.04. The third-order valence-electron chi connectivity index (χ3n) is 3.46. The van der Waals surface area contributed by atoms with Gasteiger partial charge in [-0.15, -0.1) is 0 Å². The van der Waals surface area contributed by atoms with Gasteiger partial charge >= 0.3 is 0 Å². The number of rotatable bonds is 0. The largest absolute Gasteiger partial charge is 0.869 e. The number of aromatic amines is 2. The molecule has 0 unspecified atom stereocenters. The lowest BCUT2D eigenvalue weighted by Crippen LogP contribution is -2.31. The molecule has 0 saturated carbocycles. The molecule has 0 spiro atoms. The van der Waals surface area contributed by atoms with Crippen molar-refractivity contribution in [1.82, 2.24) is 0 Å². The Morgan fingerprint density at radius 2 is 1.00 bits per heavy atom. The van der Waals surface area contributed by atoms with E-state index in [1.54, 1.807) is 0 Å². The van der Waals surface area contributed by atoms with Crippen molar-refractivity contribution in [3.8, 4) is 0 Å². The van der Waals surface area contributed by atoms with Crippen LogP contribution in [-0.4, -0.2) is 11.6 Å². The molecule has 0 amide bonds. The molecular formula is C20H20Cl2N2O4. The van der Waals surface area contributed by atoms with Crippen LogP contribution in [0.3, 0.4) is 0 Å². The van der Waals surface area contributed by atoms with Crippen molar-refractivity contribution < 1.29 is 29.8 Å². The fraction of sp³-hybridized carbons (Fsp3) is 0.200. The highest BCUT2D eigenvalue weighted by Gasteiger charge is 2.22. The van der Waals surface area contributed by atoms with Crippen molar-refractivity contribution in [2.75, 3.05) is 0 Å². The molecule has 3 rings (SSSR count). The maximum atomic E-state index is 10.7. The molecule has 0 bridgehead atoms. The molecule has 0 saturated heterocycles. The molecule has 0 fully saturated rings. The topological polar surface area (TPSA) is 109 Å². The van der Waals surface area contributed by atoms with E-state index >= 15 is 0 Å². The van der Waals surface area contributed by atoms with Gasteiger partial charge in [-0.05, 0) is 37.5 Å². The van der Waals surface area contributed by atoms with Gasteiger partial charge in [0.1, 0.15) is 0 Å². The lowest BCUT2D eigenvalue weighted by Gasteiger charge is -2.23. The summed E-state index contributed by atoms with van der Waals surface area (Å²) in [5.41, 5.74) is 4.96. The summed E-state index contributed by atoms with van der Waals surface area (Å²) >= 11 is 10.2. The number of aromatic nitrogens is 2. The number of hydrogen-bond donors (Lipinski definition) is 0. The Labute approximate surface area is 173 Å². The highest BCUT2D eigenvalue weighted by molar-refractivity contribution is 6.55. The molecule has 28 heavy (non-hydrogen) atoms. The zero-order chi connectivity index (χ0) is 21.4. The lowest BCUT2D eigenvalue weighted by molar-refractivity contribution is -0.388. The smallest absolute Gasteiger partial charge is 0.190 e. The minimum atomic E-state index is -1.23. The first kappa shape index (κ1) is 23.3. The van der Waals surface area contributed by atoms with Crippen molar-refractivity contribution in [3.63, 3.8) is 0 Å². The Hall–Kier alpha value is -2.70. The number of carbonyl (C=O) groups is 2. The molecule has 0 atom stereocenters. The molecule has 1 aliphatic carbocycles. The van der Waals surface area contributed by atoms with Crippen LogP contribution < -0.4 is 20.2 Å². The molecule has 0 aliphatic heterocycles. The number of halogens is 2. The first-order chi connectivity index (χ1) is 13.0. The molecule has 0 radical (unpaired) electrons. The summed E-state index contributed by atoms with van der Waals surface area (Å²) in [5.74, 6) is -4.92. The molecule has 0 aromatic carbocycles. The summed E-state index contributed by atoms with van der Waals surface area (Å²) in [5, 5.41) is 19.6. The zero-order valence-corrected chi connectivity index (χ0v) is 17.4. The number of Topliss-reactive ketones (excluding diaryl/α,β-unsaturated/α-hetero) is 2. The second kappa shape index (κ2) is 10.6. The molecule has 2 aromatic rings. The van der Waals surface area contributed by atoms with Crippen LogP contribution in [0.1, 0.15) is 22.5 Å². The van der Waals surface area contributed by atoms with Crippen LogP contribution in [0.5, 0.6) is 0 Å². The Balaban J connectivity index is 0.000000217. The van der Waals surface area contributed by atoms with E-state index in [1.807, 2.05) is 26.2 Å². The van der Waals surface area contributed by atoms with E-state index in [9.17, 15) is 19.8 Å². The van der Waals surface area contributed by atoms with Crippen LogP contribution in [0, 0.1) is 27.7 Å². The van der Waals surface area contributed by atoms with Crippen LogP contribution >= 0.6 is 23.2 Å². The average molecular weight is 423 g/mol. The van der Waals surface area contributed by atoms with E-state index < -0.39 is 33.1 Å². The summed E-state index contributed by atoms with van der Waals surface area (Å²) in [6.45, 7) is 8.21. The van der Waals surface area contributed by atoms with E-state index in [0.717, 1.165) is 0 Å². The second-order valence-corrected chi connectivity index (χ2v) is 6.80. The number of nitrogens with one attached hydrogen (secondary N) is 2. The third kappa shape index (κ3) is 6.79. The molecule has 2 heterocycles. The summed E-state index contributed by atoms with van der Waals surface area (Å²) in [7, 11) is 0.